The Labute approximate surface area is 170 Å². The Balaban J connectivity index is 1.68. The van der Waals surface area contributed by atoms with Gasteiger partial charge in [-0.3, -0.25) is 4.98 Å². The lowest BCUT2D eigenvalue weighted by atomic mass is 9.94. The van der Waals surface area contributed by atoms with Gasteiger partial charge in [0.1, 0.15) is 11.3 Å². The van der Waals surface area contributed by atoms with Crippen molar-refractivity contribution in [3.05, 3.63) is 42.2 Å². The summed E-state index contributed by atoms with van der Waals surface area (Å²) in [4.78, 5) is 13.2. The minimum atomic E-state index is 0.763. The van der Waals surface area contributed by atoms with Gasteiger partial charge in [0.15, 0.2) is 5.82 Å². The summed E-state index contributed by atoms with van der Waals surface area (Å²) in [7, 11) is 1.69. The highest BCUT2D eigenvalue weighted by atomic mass is 16.5. The molecule has 0 bridgehead atoms. The summed E-state index contributed by atoms with van der Waals surface area (Å²) in [5.41, 5.74) is 5.11. The first-order valence-corrected chi connectivity index (χ1v) is 10.4. The summed E-state index contributed by atoms with van der Waals surface area (Å²) in [6.07, 6.45) is 5.63. The smallest absolute Gasteiger partial charge is 0.157 e. The second kappa shape index (κ2) is 7.52. The van der Waals surface area contributed by atoms with Gasteiger partial charge >= 0.3 is 0 Å². The molecule has 3 aromatic heterocycles. The summed E-state index contributed by atoms with van der Waals surface area (Å²) in [6.45, 7) is 5.26. The molecule has 0 unspecified atom stereocenters. The maximum atomic E-state index is 5.42. The third kappa shape index (κ3) is 3.27. The van der Waals surface area contributed by atoms with Crippen molar-refractivity contribution in [2.24, 2.45) is 5.92 Å². The van der Waals surface area contributed by atoms with E-state index >= 15 is 0 Å². The molecule has 1 aliphatic heterocycles. The fourth-order valence-corrected chi connectivity index (χ4v) is 4.52. The molecule has 4 heterocycles. The monoisotopic (exact) mass is 389 g/mol. The Kier molecular flexibility index (Phi) is 4.72. The number of rotatable bonds is 5. The number of aryl methyl sites for hydroxylation is 2. The maximum absolute atomic E-state index is 5.42. The fraction of sp³-hybridized carbons (Fsp3) is 0.391. The van der Waals surface area contributed by atoms with E-state index in [4.69, 9.17) is 14.7 Å². The van der Waals surface area contributed by atoms with Crippen LogP contribution in [0.3, 0.4) is 0 Å². The van der Waals surface area contributed by atoms with Gasteiger partial charge in [-0.15, -0.1) is 0 Å². The van der Waals surface area contributed by atoms with Crippen LogP contribution < -0.4 is 10.1 Å². The number of methoxy groups -OCH3 is 1. The minimum Gasteiger partial charge on any atom is -0.497 e. The molecule has 0 radical (unpaired) electrons. The highest BCUT2D eigenvalue weighted by Crippen LogP contribution is 2.33. The first-order chi connectivity index (χ1) is 14.2. The predicted molar refractivity (Wildman–Crippen MR) is 116 cm³/mol. The first-order valence-electron chi connectivity index (χ1n) is 10.4. The van der Waals surface area contributed by atoms with Crippen LogP contribution in [-0.4, -0.2) is 39.7 Å². The van der Waals surface area contributed by atoms with Gasteiger partial charge in [-0.1, -0.05) is 0 Å². The molecule has 0 atom stereocenters. The van der Waals surface area contributed by atoms with Gasteiger partial charge < -0.3 is 19.6 Å². The van der Waals surface area contributed by atoms with E-state index in [1.807, 2.05) is 31.3 Å². The van der Waals surface area contributed by atoms with Crippen LogP contribution in [0, 0.1) is 12.8 Å². The van der Waals surface area contributed by atoms with Crippen LogP contribution in [0.1, 0.15) is 25.0 Å². The number of H-pyrrole nitrogens is 1. The molecule has 4 aromatic rings. The van der Waals surface area contributed by atoms with E-state index in [2.05, 4.69) is 27.0 Å². The van der Waals surface area contributed by atoms with E-state index in [-0.39, 0.29) is 0 Å². The van der Waals surface area contributed by atoms with Crippen molar-refractivity contribution in [2.45, 2.75) is 32.7 Å². The Hall–Kier alpha value is -2.86. The number of aromatic amines is 1. The molecule has 0 aliphatic carbocycles. The summed E-state index contributed by atoms with van der Waals surface area (Å²) < 4.78 is 7.82. The number of aromatic nitrogens is 4. The molecule has 1 aliphatic rings. The zero-order valence-electron chi connectivity index (χ0n) is 17.0. The Morgan fingerprint density at radius 3 is 2.79 bits per heavy atom. The Morgan fingerprint density at radius 2 is 2.03 bits per heavy atom. The van der Waals surface area contributed by atoms with E-state index in [0.717, 1.165) is 64.9 Å². The topological polar surface area (TPSA) is 67.8 Å². The first kappa shape index (κ1) is 18.2. The minimum absolute atomic E-state index is 0.763. The molecule has 0 saturated carbocycles. The summed E-state index contributed by atoms with van der Waals surface area (Å²) >= 11 is 0. The maximum Gasteiger partial charge on any atom is 0.157 e. The van der Waals surface area contributed by atoms with Gasteiger partial charge in [-0.2, -0.15) is 0 Å². The van der Waals surface area contributed by atoms with Crippen molar-refractivity contribution >= 4 is 21.9 Å². The molecule has 29 heavy (non-hydrogen) atoms. The summed E-state index contributed by atoms with van der Waals surface area (Å²) in [5.74, 6) is 2.58. The van der Waals surface area contributed by atoms with Gasteiger partial charge in [0.2, 0.25) is 0 Å². The zero-order chi connectivity index (χ0) is 19.8. The molecule has 0 amide bonds. The van der Waals surface area contributed by atoms with Crippen LogP contribution in [0.2, 0.25) is 0 Å². The largest absolute Gasteiger partial charge is 0.497 e. The fourth-order valence-electron chi connectivity index (χ4n) is 4.52. The highest BCUT2D eigenvalue weighted by Gasteiger charge is 2.20. The van der Waals surface area contributed by atoms with Crippen LogP contribution in [0.25, 0.3) is 33.5 Å². The van der Waals surface area contributed by atoms with Crippen LogP contribution in [0.5, 0.6) is 5.75 Å². The lowest BCUT2D eigenvalue weighted by Gasteiger charge is -2.23. The van der Waals surface area contributed by atoms with E-state index in [0.29, 0.717) is 0 Å². The summed E-state index contributed by atoms with van der Waals surface area (Å²) in [6, 6.07) is 10.3. The number of ether oxygens (including phenoxy) is 1. The van der Waals surface area contributed by atoms with Crippen molar-refractivity contribution < 1.29 is 4.74 Å². The zero-order valence-corrected chi connectivity index (χ0v) is 17.0. The lowest BCUT2D eigenvalue weighted by Crippen LogP contribution is -2.28. The molecule has 6 heteroatoms. The standard InChI is InChI=1S/C23H27N5O/c1-15-21-22(18-6-5-17(29-2)14-20(18)26-15)28(13-9-16-7-11-24-12-8-16)23(27-21)19-4-3-10-25-19/h3-6,10,14,16,24-25H,7-9,11-13H2,1-2H3. The van der Waals surface area contributed by atoms with Crippen molar-refractivity contribution in [1.29, 1.82) is 0 Å². The van der Waals surface area contributed by atoms with Crippen molar-refractivity contribution in [1.82, 2.24) is 24.8 Å². The van der Waals surface area contributed by atoms with Crippen LogP contribution in [-0.2, 0) is 6.54 Å². The third-order valence-corrected chi connectivity index (χ3v) is 6.12. The van der Waals surface area contributed by atoms with E-state index < -0.39 is 0 Å². The van der Waals surface area contributed by atoms with E-state index in [1.54, 1.807) is 7.11 Å². The van der Waals surface area contributed by atoms with Gasteiger partial charge in [0.05, 0.1) is 29.5 Å². The lowest BCUT2D eigenvalue weighted by molar-refractivity contribution is 0.340. The molecule has 5 rings (SSSR count). The number of nitrogens with zero attached hydrogens (tertiary/aromatic N) is 3. The molecule has 1 saturated heterocycles. The highest BCUT2D eigenvalue weighted by molar-refractivity contribution is 6.04. The van der Waals surface area contributed by atoms with Crippen molar-refractivity contribution in [2.75, 3.05) is 20.2 Å². The normalized spacial score (nSPS) is 15.4. The van der Waals surface area contributed by atoms with Crippen molar-refractivity contribution in [3.8, 4) is 17.3 Å². The number of imidazole rings is 1. The van der Waals surface area contributed by atoms with Gasteiger partial charge in [-0.05, 0) is 69.5 Å². The van der Waals surface area contributed by atoms with Gasteiger partial charge in [-0.25, -0.2) is 4.98 Å². The number of pyridine rings is 1. The SMILES string of the molecule is COc1ccc2c(c1)nc(C)c1nc(-c3ccc[nH]3)n(CCC3CCNCC3)c12. The van der Waals surface area contributed by atoms with Crippen LogP contribution in [0.4, 0.5) is 0 Å². The molecular weight excluding hydrogens is 362 g/mol. The number of nitrogens with one attached hydrogen (secondary N) is 2. The van der Waals surface area contributed by atoms with Crippen LogP contribution >= 0.6 is 0 Å². The summed E-state index contributed by atoms with van der Waals surface area (Å²) in [5, 5.41) is 4.60. The number of fused-ring (bicyclic) bond motifs is 3. The van der Waals surface area contributed by atoms with Crippen LogP contribution in [0.15, 0.2) is 36.5 Å². The predicted octanol–water partition coefficient (Wildman–Crippen LogP) is 4.29. The molecular formula is C23H27N5O. The number of hydrogen-bond acceptors (Lipinski definition) is 4. The Morgan fingerprint density at radius 1 is 1.17 bits per heavy atom. The molecule has 2 N–H and O–H groups in total. The quantitative estimate of drug-likeness (QED) is 0.534. The number of piperidine rings is 1. The van der Waals surface area contributed by atoms with E-state index in [9.17, 15) is 0 Å². The second-order valence-electron chi connectivity index (χ2n) is 7.93. The molecule has 1 fully saturated rings. The second-order valence-corrected chi connectivity index (χ2v) is 7.93. The van der Waals surface area contributed by atoms with Gasteiger partial charge in [0, 0.05) is 24.2 Å². The molecule has 1 aromatic carbocycles. The van der Waals surface area contributed by atoms with Gasteiger partial charge in [0.25, 0.3) is 0 Å². The molecule has 6 nitrogen and oxygen atoms in total. The molecule has 0 spiro atoms. The average molecular weight is 390 g/mol. The Bertz CT molecular complexity index is 1140. The molecule has 150 valence electrons. The third-order valence-electron chi connectivity index (χ3n) is 6.12. The number of hydrogen-bond donors (Lipinski definition) is 2. The average Bonchev–Trinajstić information content (AvgIpc) is 3.41. The van der Waals surface area contributed by atoms with E-state index in [1.165, 1.54) is 24.8 Å². The van der Waals surface area contributed by atoms with Crippen molar-refractivity contribution in [3.63, 3.8) is 0 Å². The number of benzene rings is 1.